The number of hydrogen-bond donors (Lipinski definition) is 1. The van der Waals surface area contributed by atoms with Gasteiger partial charge in [0.15, 0.2) is 6.17 Å². The van der Waals surface area contributed by atoms with Crippen molar-refractivity contribution in [3.63, 3.8) is 0 Å². The maximum absolute atomic E-state index is 13.5. The summed E-state index contributed by atoms with van der Waals surface area (Å²) in [7, 11) is 2.90. The number of nitrogens with one attached hydrogen (secondary N) is 1. The number of methoxy groups -OCH3 is 2. The fourth-order valence-corrected chi connectivity index (χ4v) is 4.67. The summed E-state index contributed by atoms with van der Waals surface area (Å²) in [4.78, 5) is 42.9. The van der Waals surface area contributed by atoms with E-state index in [1.165, 1.54) is 7.11 Å². The third-order valence-electron chi connectivity index (χ3n) is 5.79. The Bertz CT molecular complexity index is 869. The van der Waals surface area contributed by atoms with Crippen LogP contribution in [0, 0.1) is 0 Å². The quantitative estimate of drug-likeness (QED) is 0.391. The predicted octanol–water partition coefficient (Wildman–Crippen LogP) is 2.67. The molecule has 1 aromatic carbocycles. The number of hydrogen-bond acceptors (Lipinski definition) is 9. The SMILES string of the molecule is COC(=O)C(CCSC)NC(=O)CN(Cc1ccccc1OC)C(C(=O)OC(C)(C)C)N1CCCC1. The van der Waals surface area contributed by atoms with Gasteiger partial charge < -0.3 is 19.5 Å². The zero-order valence-electron chi connectivity index (χ0n) is 22.4. The lowest BCUT2D eigenvalue weighted by molar-refractivity contribution is -0.170. The minimum atomic E-state index is -0.759. The first-order valence-electron chi connectivity index (χ1n) is 12.3. The molecule has 2 unspecified atom stereocenters. The summed E-state index contributed by atoms with van der Waals surface area (Å²) in [5, 5.41) is 2.81. The van der Waals surface area contributed by atoms with E-state index in [4.69, 9.17) is 14.2 Å². The number of thioether (sulfide) groups is 1. The number of carbonyl (C=O) groups excluding carboxylic acids is 3. The van der Waals surface area contributed by atoms with E-state index < -0.39 is 29.7 Å². The third-order valence-corrected chi connectivity index (χ3v) is 6.44. The van der Waals surface area contributed by atoms with Crippen molar-refractivity contribution in [1.29, 1.82) is 0 Å². The van der Waals surface area contributed by atoms with E-state index in [1.54, 1.807) is 23.8 Å². The van der Waals surface area contributed by atoms with Crippen molar-refractivity contribution in [3.8, 4) is 5.75 Å². The van der Waals surface area contributed by atoms with E-state index in [9.17, 15) is 14.4 Å². The molecule has 1 N–H and O–H groups in total. The highest BCUT2D eigenvalue weighted by Crippen LogP contribution is 2.24. The van der Waals surface area contributed by atoms with Gasteiger partial charge in [-0.15, -0.1) is 0 Å². The molecule has 0 spiro atoms. The Labute approximate surface area is 219 Å². The molecule has 9 nitrogen and oxygen atoms in total. The van der Waals surface area contributed by atoms with Crippen LogP contribution < -0.4 is 10.1 Å². The van der Waals surface area contributed by atoms with Gasteiger partial charge in [-0.3, -0.25) is 14.6 Å². The predicted molar refractivity (Wildman–Crippen MR) is 141 cm³/mol. The normalized spacial score (nSPS) is 15.9. The molecule has 1 saturated heterocycles. The average Bonchev–Trinajstić information content (AvgIpc) is 3.34. The van der Waals surface area contributed by atoms with E-state index in [1.807, 2.05) is 51.3 Å². The van der Waals surface area contributed by atoms with Crippen LogP contribution in [0.3, 0.4) is 0 Å². The van der Waals surface area contributed by atoms with Crippen LogP contribution in [0.4, 0.5) is 0 Å². The molecule has 36 heavy (non-hydrogen) atoms. The van der Waals surface area contributed by atoms with Crippen molar-refractivity contribution < 1.29 is 28.6 Å². The minimum Gasteiger partial charge on any atom is -0.496 e. The van der Waals surface area contributed by atoms with Gasteiger partial charge in [0.1, 0.15) is 17.4 Å². The first-order chi connectivity index (χ1) is 17.1. The van der Waals surface area contributed by atoms with Crippen LogP contribution in [0.1, 0.15) is 45.6 Å². The molecule has 0 saturated carbocycles. The summed E-state index contributed by atoms with van der Waals surface area (Å²) in [6, 6.07) is 6.77. The van der Waals surface area contributed by atoms with E-state index in [0.29, 0.717) is 17.9 Å². The van der Waals surface area contributed by atoms with Gasteiger partial charge >= 0.3 is 11.9 Å². The van der Waals surface area contributed by atoms with Crippen LogP contribution in [0.5, 0.6) is 5.75 Å². The van der Waals surface area contributed by atoms with Crippen molar-refractivity contribution in [3.05, 3.63) is 29.8 Å². The van der Waals surface area contributed by atoms with Gasteiger partial charge in [-0.1, -0.05) is 18.2 Å². The number of carbonyl (C=O) groups is 3. The van der Waals surface area contributed by atoms with Gasteiger partial charge in [0.2, 0.25) is 5.91 Å². The molecule has 2 atom stereocenters. The van der Waals surface area contributed by atoms with Gasteiger partial charge in [0.25, 0.3) is 0 Å². The van der Waals surface area contributed by atoms with Crippen LogP contribution in [-0.2, 0) is 30.4 Å². The number of benzene rings is 1. The Balaban J connectivity index is 2.37. The van der Waals surface area contributed by atoms with Crippen molar-refractivity contribution in [2.24, 2.45) is 0 Å². The molecule has 10 heteroatoms. The first-order valence-corrected chi connectivity index (χ1v) is 13.7. The Morgan fingerprint density at radius 2 is 1.78 bits per heavy atom. The molecule has 1 amide bonds. The van der Waals surface area contributed by atoms with Gasteiger partial charge in [-0.05, 0) is 58.1 Å². The number of para-hydroxylation sites is 1. The molecular formula is C26H41N3O6S. The summed E-state index contributed by atoms with van der Waals surface area (Å²) >= 11 is 1.58. The molecule has 1 fully saturated rings. The second-order valence-electron chi connectivity index (χ2n) is 9.79. The Kier molecular flexibility index (Phi) is 12.0. The summed E-state index contributed by atoms with van der Waals surface area (Å²) in [5.74, 6) is 0.101. The Morgan fingerprint density at radius 3 is 2.36 bits per heavy atom. The monoisotopic (exact) mass is 523 g/mol. The molecule has 202 valence electrons. The maximum atomic E-state index is 13.5. The zero-order valence-corrected chi connectivity index (χ0v) is 23.2. The first kappa shape index (κ1) is 29.9. The topological polar surface area (TPSA) is 97.4 Å². The molecular weight excluding hydrogens is 482 g/mol. The summed E-state index contributed by atoms with van der Waals surface area (Å²) in [5.41, 5.74) is 0.161. The van der Waals surface area contributed by atoms with Crippen molar-refractivity contribution in [2.45, 2.75) is 64.4 Å². The van der Waals surface area contributed by atoms with E-state index >= 15 is 0 Å². The van der Waals surface area contributed by atoms with Crippen LogP contribution in [0.25, 0.3) is 0 Å². The smallest absolute Gasteiger partial charge is 0.339 e. The standard InChI is InChI=1S/C26H41N3O6S/c1-26(2,3)35-25(32)23(28-14-9-10-15-28)29(17-19-11-7-8-12-21(19)33-4)18-22(30)27-20(13-16-36-6)24(31)34-5/h7-8,11-12,20,23H,9-10,13-18H2,1-6H3,(H,27,30). The van der Waals surface area contributed by atoms with Crippen molar-refractivity contribution >= 4 is 29.6 Å². The molecule has 2 rings (SSSR count). The van der Waals surface area contributed by atoms with E-state index in [-0.39, 0.29) is 19.0 Å². The molecule has 0 radical (unpaired) electrons. The Hall–Kier alpha value is -2.30. The minimum absolute atomic E-state index is 0.106. The highest BCUT2D eigenvalue weighted by atomic mass is 32.2. The molecule has 0 aromatic heterocycles. The van der Waals surface area contributed by atoms with Crippen molar-refractivity contribution in [2.75, 3.05) is 45.9 Å². The van der Waals surface area contributed by atoms with Crippen LogP contribution in [-0.4, -0.2) is 91.3 Å². The highest BCUT2D eigenvalue weighted by molar-refractivity contribution is 7.98. The number of likely N-dealkylation sites (tertiary alicyclic amines) is 1. The maximum Gasteiger partial charge on any atom is 0.339 e. The molecule has 0 aliphatic carbocycles. The number of esters is 2. The number of nitrogens with zero attached hydrogens (tertiary/aromatic N) is 2. The van der Waals surface area contributed by atoms with E-state index in [0.717, 1.165) is 31.5 Å². The van der Waals surface area contributed by atoms with Gasteiger partial charge in [-0.2, -0.15) is 11.8 Å². The highest BCUT2D eigenvalue weighted by Gasteiger charge is 2.38. The number of amides is 1. The fourth-order valence-electron chi connectivity index (χ4n) is 4.20. The average molecular weight is 524 g/mol. The lowest BCUT2D eigenvalue weighted by Crippen LogP contribution is -2.56. The van der Waals surface area contributed by atoms with Crippen LogP contribution >= 0.6 is 11.8 Å². The number of rotatable bonds is 13. The lowest BCUT2D eigenvalue weighted by atomic mass is 10.1. The Morgan fingerprint density at radius 1 is 1.11 bits per heavy atom. The third kappa shape index (κ3) is 9.29. The zero-order chi connectivity index (χ0) is 26.7. The van der Waals surface area contributed by atoms with Gasteiger partial charge in [-0.25, -0.2) is 9.59 Å². The van der Waals surface area contributed by atoms with Gasteiger partial charge in [0, 0.05) is 25.2 Å². The van der Waals surface area contributed by atoms with Crippen LogP contribution in [0.2, 0.25) is 0 Å². The molecule has 1 heterocycles. The second kappa shape index (κ2) is 14.4. The summed E-state index contributed by atoms with van der Waals surface area (Å²) in [6.45, 7) is 7.12. The fraction of sp³-hybridized carbons (Fsp3) is 0.654. The van der Waals surface area contributed by atoms with E-state index in [2.05, 4.69) is 10.2 Å². The molecule has 0 bridgehead atoms. The van der Waals surface area contributed by atoms with Crippen molar-refractivity contribution in [1.82, 2.24) is 15.1 Å². The lowest BCUT2D eigenvalue weighted by Gasteiger charge is -2.37. The molecule has 1 aliphatic heterocycles. The van der Waals surface area contributed by atoms with Gasteiger partial charge in [0.05, 0.1) is 20.8 Å². The number of ether oxygens (including phenoxy) is 3. The summed E-state index contributed by atoms with van der Waals surface area (Å²) < 4.78 is 16.2. The molecule has 1 aromatic rings. The van der Waals surface area contributed by atoms with Crippen LogP contribution in [0.15, 0.2) is 24.3 Å². The largest absolute Gasteiger partial charge is 0.496 e. The second-order valence-corrected chi connectivity index (χ2v) is 10.8. The summed E-state index contributed by atoms with van der Waals surface area (Å²) in [6.07, 6.45) is 3.56. The molecule has 1 aliphatic rings.